The highest BCUT2D eigenvalue weighted by atomic mass is 16.6. The van der Waals surface area contributed by atoms with E-state index in [0.717, 1.165) is 6.07 Å². The van der Waals surface area contributed by atoms with Gasteiger partial charge < -0.3 is 9.84 Å². The van der Waals surface area contributed by atoms with E-state index in [2.05, 4.69) is 4.74 Å². The summed E-state index contributed by atoms with van der Waals surface area (Å²) in [5.74, 6) is -0.815. The van der Waals surface area contributed by atoms with Gasteiger partial charge in [0.1, 0.15) is 0 Å². The van der Waals surface area contributed by atoms with Crippen LogP contribution in [0.4, 0.5) is 5.69 Å². The van der Waals surface area contributed by atoms with E-state index in [1.807, 2.05) is 0 Å². The van der Waals surface area contributed by atoms with Crippen molar-refractivity contribution in [1.29, 1.82) is 0 Å². The number of aromatic hydroxyl groups is 1. The topological polar surface area (TPSA) is 89.7 Å². The summed E-state index contributed by atoms with van der Waals surface area (Å²) in [6.45, 7) is 0.0573. The van der Waals surface area contributed by atoms with Crippen LogP contribution < -0.4 is 4.74 Å². The van der Waals surface area contributed by atoms with Crippen molar-refractivity contribution in [3.8, 4) is 11.5 Å². The lowest BCUT2D eigenvalue weighted by Gasteiger charge is -2.00. The first-order valence-electron chi connectivity index (χ1n) is 3.23. The van der Waals surface area contributed by atoms with Gasteiger partial charge in [-0.25, -0.2) is 0 Å². The first-order valence-corrected chi connectivity index (χ1v) is 3.23. The number of phenols is 1. The summed E-state index contributed by atoms with van der Waals surface area (Å²) in [7, 11) is 0. The van der Waals surface area contributed by atoms with Crippen molar-refractivity contribution in [2.24, 2.45) is 0 Å². The van der Waals surface area contributed by atoms with Gasteiger partial charge in [0.2, 0.25) is 5.75 Å². The Morgan fingerprint density at radius 1 is 1.54 bits per heavy atom. The van der Waals surface area contributed by atoms with E-state index < -0.39 is 16.4 Å². The van der Waals surface area contributed by atoms with Crippen LogP contribution in [0.1, 0.15) is 0 Å². The highest BCUT2D eigenvalue weighted by Crippen LogP contribution is 2.34. The number of carbonyl (C=O) groups is 1. The lowest BCUT2D eigenvalue weighted by atomic mass is 10.3. The molecule has 1 aromatic carbocycles. The Hall–Kier alpha value is -2.11. The van der Waals surface area contributed by atoms with E-state index in [9.17, 15) is 14.9 Å². The van der Waals surface area contributed by atoms with Gasteiger partial charge in [-0.2, -0.15) is 0 Å². The monoisotopic (exact) mass is 183 g/mol. The number of para-hydroxylation sites is 1. The minimum atomic E-state index is -0.825. The van der Waals surface area contributed by atoms with Crippen LogP contribution in [0.2, 0.25) is 0 Å². The number of benzene rings is 1. The van der Waals surface area contributed by atoms with Crippen molar-refractivity contribution in [2.45, 2.75) is 0 Å². The van der Waals surface area contributed by atoms with Crippen molar-refractivity contribution >= 4 is 12.2 Å². The van der Waals surface area contributed by atoms with Gasteiger partial charge in [0.25, 0.3) is 6.47 Å². The highest BCUT2D eigenvalue weighted by molar-refractivity contribution is 5.60. The van der Waals surface area contributed by atoms with Crippen LogP contribution in [-0.4, -0.2) is 16.5 Å². The molecule has 0 amide bonds. The molecule has 0 aromatic heterocycles. The molecule has 1 aromatic rings. The number of nitro groups is 1. The molecule has 0 fully saturated rings. The fourth-order valence-corrected chi connectivity index (χ4v) is 0.841. The average Bonchev–Trinajstić information content (AvgIpc) is 2.04. The smallest absolute Gasteiger partial charge is 0.352 e. The largest absolute Gasteiger partial charge is 0.502 e. The van der Waals surface area contributed by atoms with Gasteiger partial charge in [0, 0.05) is 0 Å². The van der Waals surface area contributed by atoms with E-state index >= 15 is 0 Å². The Morgan fingerprint density at radius 3 is 2.77 bits per heavy atom. The molecule has 68 valence electrons. The molecular formula is C7H5NO5. The molecule has 1 rings (SSSR count). The van der Waals surface area contributed by atoms with Crippen LogP contribution in [0, 0.1) is 10.1 Å². The molecule has 1 N–H and O–H groups in total. The minimum absolute atomic E-state index is 0.0573. The van der Waals surface area contributed by atoms with Gasteiger partial charge in [-0.05, 0) is 12.1 Å². The molecule has 0 aliphatic carbocycles. The normalized spacial score (nSPS) is 9.23. The summed E-state index contributed by atoms with van der Waals surface area (Å²) in [4.78, 5) is 19.5. The van der Waals surface area contributed by atoms with Crippen molar-refractivity contribution in [3.63, 3.8) is 0 Å². The van der Waals surface area contributed by atoms with E-state index in [-0.39, 0.29) is 12.2 Å². The Labute approximate surface area is 72.5 Å². The molecule has 13 heavy (non-hydrogen) atoms. The molecule has 0 spiro atoms. The molecule has 0 aliphatic rings. The minimum Gasteiger partial charge on any atom is -0.502 e. The van der Waals surface area contributed by atoms with Crippen LogP contribution in [0.15, 0.2) is 18.2 Å². The quantitative estimate of drug-likeness (QED) is 0.426. The maximum absolute atomic E-state index is 10.4. The van der Waals surface area contributed by atoms with E-state index in [0.29, 0.717) is 0 Å². The Balaban J connectivity index is 3.25. The molecule has 0 aliphatic heterocycles. The van der Waals surface area contributed by atoms with Crippen molar-refractivity contribution in [3.05, 3.63) is 28.3 Å². The molecule has 0 bridgehead atoms. The third-order valence-corrected chi connectivity index (χ3v) is 1.34. The Morgan fingerprint density at radius 2 is 2.23 bits per heavy atom. The summed E-state index contributed by atoms with van der Waals surface area (Å²) >= 11 is 0. The SMILES string of the molecule is O=COc1cccc(O)c1[N+](=O)[O-]. The number of phenolic OH excluding ortho intramolecular Hbond substituents is 1. The standard InChI is InChI=1S/C7H5NO5/c9-4-13-6-3-1-2-5(10)7(6)8(11)12/h1-4,10H. The average molecular weight is 183 g/mol. The molecule has 0 unspecified atom stereocenters. The number of nitrogens with zero attached hydrogens (tertiary/aromatic N) is 1. The van der Waals surface area contributed by atoms with Gasteiger partial charge >= 0.3 is 5.69 Å². The number of ether oxygens (including phenoxy) is 1. The van der Waals surface area contributed by atoms with Crippen molar-refractivity contribution in [2.75, 3.05) is 0 Å². The molecule has 0 atom stereocenters. The Bertz CT molecular complexity index is 349. The number of nitro benzene ring substituents is 1. The third-order valence-electron chi connectivity index (χ3n) is 1.34. The number of hydrogen-bond donors (Lipinski definition) is 1. The zero-order chi connectivity index (χ0) is 9.84. The summed E-state index contributed by atoms with van der Waals surface area (Å²) in [5, 5.41) is 19.4. The molecule has 6 nitrogen and oxygen atoms in total. The fourth-order valence-electron chi connectivity index (χ4n) is 0.841. The van der Waals surface area contributed by atoms with Gasteiger partial charge in [-0.15, -0.1) is 0 Å². The molecular weight excluding hydrogens is 178 g/mol. The fraction of sp³-hybridized carbons (Fsp3) is 0. The van der Waals surface area contributed by atoms with Crippen molar-refractivity contribution in [1.82, 2.24) is 0 Å². The lowest BCUT2D eigenvalue weighted by Crippen LogP contribution is -1.95. The Kier molecular flexibility index (Phi) is 2.44. The number of hydrogen-bond acceptors (Lipinski definition) is 5. The first-order chi connectivity index (χ1) is 6.16. The molecule has 0 saturated carbocycles. The third kappa shape index (κ3) is 1.73. The van der Waals surface area contributed by atoms with Crippen LogP contribution in [-0.2, 0) is 4.79 Å². The second kappa shape index (κ2) is 3.53. The predicted molar refractivity (Wildman–Crippen MR) is 41.5 cm³/mol. The van der Waals surface area contributed by atoms with Crippen LogP contribution in [0.5, 0.6) is 11.5 Å². The van der Waals surface area contributed by atoms with Gasteiger partial charge in [-0.1, -0.05) is 6.07 Å². The summed E-state index contributed by atoms with van der Waals surface area (Å²) in [6.07, 6.45) is 0. The maximum Gasteiger partial charge on any atom is 0.352 e. The number of carbonyl (C=O) groups excluding carboxylic acids is 1. The summed E-state index contributed by atoms with van der Waals surface area (Å²) in [6, 6.07) is 3.68. The first kappa shape index (κ1) is 8.98. The number of rotatable bonds is 3. The van der Waals surface area contributed by atoms with Crippen molar-refractivity contribution < 1.29 is 19.6 Å². The molecule has 0 heterocycles. The lowest BCUT2D eigenvalue weighted by molar-refractivity contribution is -0.386. The highest BCUT2D eigenvalue weighted by Gasteiger charge is 2.20. The van der Waals surface area contributed by atoms with Gasteiger partial charge in [0.05, 0.1) is 4.92 Å². The molecule has 0 radical (unpaired) electrons. The van der Waals surface area contributed by atoms with E-state index in [1.54, 1.807) is 0 Å². The van der Waals surface area contributed by atoms with Crippen LogP contribution in [0.3, 0.4) is 0 Å². The molecule has 6 heteroatoms. The van der Waals surface area contributed by atoms with E-state index in [4.69, 9.17) is 5.11 Å². The second-order valence-corrected chi connectivity index (χ2v) is 2.10. The maximum atomic E-state index is 10.4. The van der Waals surface area contributed by atoms with Crippen LogP contribution in [0.25, 0.3) is 0 Å². The molecule has 0 saturated heterocycles. The van der Waals surface area contributed by atoms with E-state index in [1.165, 1.54) is 12.1 Å². The summed E-state index contributed by atoms with van der Waals surface area (Å²) in [5.41, 5.74) is -0.616. The summed E-state index contributed by atoms with van der Waals surface area (Å²) < 4.78 is 4.30. The van der Waals surface area contributed by atoms with Crippen LogP contribution >= 0.6 is 0 Å². The zero-order valence-corrected chi connectivity index (χ0v) is 6.34. The predicted octanol–water partition coefficient (Wildman–Crippen LogP) is 0.836. The van der Waals surface area contributed by atoms with Gasteiger partial charge in [-0.3, -0.25) is 14.9 Å². The zero-order valence-electron chi connectivity index (χ0n) is 6.34. The second-order valence-electron chi connectivity index (χ2n) is 2.10. The van der Waals surface area contributed by atoms with Gasteiger partial charge in [0.15, 0.2) is 5.75 Å².